The highest BCUT2D eigenvalue weighted by molar-refractivity contribution is 5.88. The standard InChI is InChI=1S/C23H31N5O2/c1-4-28(20-9-13-27(16-20)22(29)6-5-10-25-17(2)3)21-14-19(15-26-23(21)30)18-7-11-24-12-8-18/h5-8,11-12,14-15,17,20,25H,4,9-10,13,16H2,1-3H3,(H,26,30)/b6-5+/t20-/m0/s1. The lowest BCUT2D eigenvalue weighted by Crippen LogP contribution is -2.41. The maximum atomic E-state index is 12.6. The molecule has 0 bridgehead atoms. The summed E-state index contributed by atoms with van der Waals surface area (Å²) in [5.74, 6) is 0.0264. The lowest BCUT2D eigenvalue weighted by Gasteiger charge is -2.29. The number of anilines is 1. The molecule has 3 rings (SSSR count). The number of H-pyrrole nitrogens is 1. The molecule has 0 saturated carbocycles. The zero-order chi connectivity index (χ0) is 21.5. The van der Waals surface area contributed by atoms with E-state index in [0.717, 1.165) is 17.5 Å². The summed E-state index contributed by atoms with van der Waals surface area (Å²) in [4.78, 5) is 36.0. The molecule has 0 spiro atoms. The van der Waals surface area contributed by atoms with E-state index < -0.39 is 0 Å². The molecule has 1 saturated heterocycles. The fraction of sp³-hybridized carbons (Fsp3) is 0.435. The van der Waals surface area contributed by atoms with Crippen LogP contribution in [0.15, 0.2) is 53.7 Å². The van der Waals surface area contributed by atoms with Crippen LogP contribution in [0.3, 0.4) is 0 Å². The highest BCUT2D eigenvalue weighted by atomic mass is 16.2. The van der Waals surface area contributed by atoms with Crippen molar-refractivity contribution < 1.29 is 4.79 Å². The van der Waals surface area contributed by atoms with Crippen molar-refractivity contribution in [1.29, 1.82) is 0 Å². The highest BCUT2D eigenvalue weighted by Crippen LogP contribution is 2.25. The average Bonchev–Trinajstić information content (AvgIpc) is 3.23. The first-order valence-electron chi connectivity index (χ1n) is 10.6. The molecule has 160 valence electrons. The lowest BCUT2D eigenvalue weighted by molar-refractivity contribution is -0.125. The van der Waals surface area contributed by atoms with Gasteiger partial charge in [-0.3, -0.25) is 14.6 Å². The molecule has 1 fully saturated rings. The highest BCUT2D eigenvalue weighted by Gasteiger charge is 2.30. The molecule has 2 aromatic heterocycles. The van der Waals surface area contributed by atoms with Gasteiger partial charge < -0.3 is 20.1 Å². The van der Waals surface area contributed by atoms with E-state index in [4.69, 9.17) is 0 Å². The molecule has 1 atom stereocenters. The topological polar surface area (TPSA) is 81.3 Å². The molecule has 2 aromatic rings. The van der Waals surface area contributed by atoms with Gasteiger partial charge in [0.1, 0.15) is 5.69 Å². The van der Waals surface area contributed by atoms with Crippen LogP contribution in [0.25, 0.3) is 11.1 Å². The van der Waals surface area contributed by atoms with Gasteiger partial charge in [-0.2, -0.15) is 0 Å². The second kappa shape index (κ2) is 10.2. The van der Waals surface area contributed by atoms with E-state index in [1.54, 1.807) is 24.7 Å². The van der Waals surface area contributed by atoms with Crippen LogP contribution in [0, 0.1) is 0 Å². The van der Waals surface area contributed by atoms with Gasteiger partial charge in [-0.1, -0.05) is 19.9 Å². The van der Waals surface area contributed by atoms with Crippen LogP contribution in [-0.2, 0) is 4.79 Å². The van der Waals surface area contributed by atoms with Crippen LogP contribution in [0.2, 0.25) is 0 Å². The SMILES string of the molecule is CCN(c1cc(-c2ccncc2)c[nH]c1=O)[C@H]1CCN(C(=O)/C=C/CNC(C)C)C1. The Morgan fingerprint density at radius 2 is 2.13 bits per heavy atom. The quantitative estimate of drug-likeness (QED) is 0.655. The Morgan fingerprint density at radius 3 is 2.83 bits per heavy atom. The van der Waals surface area contributed by atoms with Crippen molar-refractivity contribution in [3.8, 4) is 11.1 Å². The summed E-state index contributed by atoms with van der Waals surface area (Å²) in [6.45, 7) is 8.89. The summed E-state index contributed by atoms with van der Waals surface area (Å²) < 4.78 is 0. The van der Waals surface area contributed by atoms with Crippen molar-refractivity contribution in [1.82, 2.24) is 20.2 Å². The van der Waals surface area contributed by atoms with Crippen molar-refractivity contribution in [3.05, 3.63) is 59.3 Å². The van der Waals surface area contributed by atoms with E-state index in [9.17, 15) is 9.59 Å². The van der Waals surface area contributed by atoms with Gasteiger partial charge in [-0.25, -0.2) is 0 Å². The minimum absolute atomic E-state index is 0.0264. The Kier molecular flexibility index (Phi) is 7.41. The van der Waals surface area contributed by atoms with Gasteiger partial charge >= 0.3 is 0 Å². The van der Waals surface area contributed by atoms with E-state index in [0.29, 0.717) is 37.9 Å². The Balaban J connectivity index is 1.71. The molecule has 3 heterocycles. The number of nitrogens with one attached hydrogen (secondary N) is 2. The van der Waals surface area contributed by atoms with Crippen molar-refractivity contribution in [2.45, 2.75) is 39.3 Å². The minimum Gasteiger partial charge on any atom is -0.363 e. The van der Waals surface area contributed by atoms with Gasteiger partial charge in [0.25, 0.3) is 5.56 Å². The fourth-order valence-corrected chi connectivity index (χ4v) is 3.79. The van der Waals surface area contributed by atoms with E-state index >= 15 is 0 Å². The number of carbonyl (C=O) groups is 1. The Hall–Kier alpha value is -2.93. The Bertz CT molecular complexity index is 923. The number of amides is 1. The summed E-state index contributed by atoms with van der Waals surface area (Å²) in [6, 6.07) is 6.28. The molecule has 0 radical (unpaired) electrons. The van der Waals surface area contributed by atoms with Crippen LogP contribution >= 0.6 is 0 Å². The molecular weight excluding hydrogens is 378 g/mol. The third-order valence-electron chi connectivity index (χ3n) is 5.37. The van der Waals surface area contributed by atoms with Crippen molar-refractivity contribution >= 4 is 11.6 Å². The smallest absolute Gasteiger partial charge is 0.271 e. The summed E-state index contributed by atoms with van der Waals surface area (Å²) >= 11 is 0. The predicted molar refractivity (Wildman–Crippen MR) is 121 cm³/mol. The minimum atomic E-state index is -0.112. The maximum absolute atomic E-state index is 12.6. The van der Waals surface area contributed by atoms with Gasteiger partial charge in [0.15, 0.2) is 0 Å². The summed E-state index contributed by atoms with van der Waals surface area (Å²) in [6.07, 6.45) is 9.57. The molecule has 2 N–H and O–H groups in total. The Morgan fingerprint density at radius 1 is 1.37 bits per heavy atom. The number of aromatic amines is 1. The van der Waals surface area contributed by atoms with Gasteiger partial charge in [-0.05, 0) is 37.1 Å². The number of rotatable bonds is 8. The zero-order valence-corrected chi connectivity index (χ0v) is 18.0. The number of hydrogen-bond acceptors (Lipinski definition) is 5. The summed E-state index contributed by atoms with van der Waals surface area (Å²) in [7, 11) is 0. The molecule has 0 aromatic carbocycles. The van der Waals surface area contributed by atoms with Crippen molar-refractivity contribution in [2.24, 2.45) is 0 Å². The van der Waals surface area contributed by atoms with Crippen molar-refractivity contribution in [2.75, 3.05) is 31.1 Å². The normalized spacial score (nSPS) is 16.5. The number of hydrogen-bond donors (Lipinski definition) is 2. The molecule has 7 heteroatoms. The zero-order valence-electron chi connectivity index (χ0n) is 18.0. The number of likely N-dealkylation sites (tertiary alicyclic amines) is 1. The van der Waals surface area contributed by atoms with Gasteiger partial charge in [-0.15, -0.1) is 0 Å². The monoisotopic (exact) mass is 409 g/mol. The second-order valence-electron chi connectivity index (χ2n) is 7.82. The third-order valence-corrected chi connectivity index (χ3v) is 5.37. The largest absolute Gasteiger partial charge is 0.363 e. The third kappa shape index (κ3) is 5.36. The molecule has 30 heavy (non-hydrogen) atoms. The second-order valence-corrected chi connectivity index (χ2v) is 7.82. The van der Waals surface area contributed by atoms with Crippen LogP contribution in [-0.4, -0.2) is 59.0 Å². The van der Waals surface area contributed by atoms with E-state index in [1.807, 2.05) is 36.1 Å². The molecule has 7 nitrogen and oxygen atoms in total. The van der Waals surface area contributed by atoms with Crippen LogP contribution < -0.4 is 15.8 Å². The van der Waals surface area contributed by atoms with Gasteiger partial charge in [0.05, 0.1) is 0 Å². The molecule has 0 unspecified atom stereocenters. The number of likely N-dealkylation sites (N-methyl/N-ethyl adjacent to an activating group) is 1. The number of carbonyl (C=O) groups excluding carboxylic acids is 1. The first-order valence-corrected chi connectivity index (χ1v) is 10.6. The number of aromatic nitrogens is 2. The summed E-state index contributed by atoms with van der Waals surface area (Å²) in [5, 5.41) is 3.27. The molecule has 1 aliphatic heterocycles. The first kappa shape index (κ1) is 21.8. The summed E-state index contributed by atoms with van der Waals surface area (Å²) in [5.41, 5.74) is 2.47. The molecule has 1 aliphatic rings. The average molecular weight is 410 g/mol. The van der Waals surface area contributed by atoms with E-state index in [1.165, 1.54) is 0 Å². The first-order chi connectivity index (χ1) is 14.5. The van der Waals surface area contributed by atoms with Crippen LogP contribution in [0.4, 0.5) is 5.69 Å². The van der Waals surface area contributed by atoms with Crippen LogP contribution in [0.5, 0.6) is 0 Å². The van der Waals surface area contributed by atoms with Gasteiger partial charge in [0, 0.05) is 68.5 Å². The lowest BCUT2D eigenvalue weighted by atomic mass is 10.1. The molecular formula is C23H31N5O2. The molecule has 1 amide bonds. The van der Waals surface area contributed by atoms with Crippen molar-refractivity contribution in [3.63, 3.8) is 0 Å². The fourth-order valence-electron chi connectivity index (χ4n) is 3.79. The maximum Gasteiger partial charge on any atom is 0.271 e. The number of nitrogens with zero attached hydrogens (tertiary/aromatic N) is 3. The molecule has 0 aliphatic carbocycles. The van der Waals surface area contributed by atoms with E-state index in [-0.39, 0.29) is 17.5 Å². The van der Waals surface area contributed by atoms with E-state index in [2.05, 4.69) is 34.0 Å². The van der Waals surface area contributed by atoms with Crippen LogP contribution in [0.1, 0.15) is 27.2 Å². The van der Waals surface area contributed by atoms with Gasteiger partial charge in [0.2, 0.25) is 5.91 Å². The predicted octanol–water partition coefficient (Wildman–Crippen LogP) is 2.42. The number of pyridine rings is 2. The Labute approximate surface area is 177 Å².